The van der Waals surface area contributed by atoms with Crippen LogP contribution in [0.5, 0.6) is 11.5 Å². The van der Waals surface area contributed by atoms with E-state index in [4.69, 9.17) is 9.47 Å². The highest BCUT2D eigenvalue weighted by molar-refractivity contribution is 5.48. The van der Waals surface area contributed by atoms with E-state index < -0.39 is 0 Å². The zero-order chi connectivity index (χ0) is 16.6. The molecule has 0 radical (unpaired) electrons. The summed E-state index contributed by atoms with van der Waals surface area (Å²) in [7, 11) is 0. The number of anilines is 1. The second-order valence-electron chi connectivity index (χ2n) is 6.46. The van der Waals surface area contributed by atoms with Crippen LogP contribution in [0.3, 0.4) is 0 Å². The molecule has 0 bridgehead atoms. The Hall–Kier alpha value is -2.80. The van der Waals surface area contributed by atoms with Crippen LogP contribution >= 0.6 is 0 Å². The summed E-state index contributed by atoms with van der Waals surface area (Å²) in [4.78, 5) is 6.66. The summed E-state index contributed by atoms with van der Waals surface area (Å²) >= 11 is 0. The van der Waals surface area contributed by atoms with Crippen molar-refractivity contribution in [3.8, 4) is 11.5 Å². The quantitative estimate of drug-likeness (QED) is 0.787. The second-order valence-corrected chi connectivity index (χ2v) is 6.46. The van der Waals surface area contributed by atoms with Crippen LogP contribution in [-0.2, 0) is 6.54 Å². The fraction of sp³-hybridized carbons (Fsp3) is 0.333. The minimum Gasteiger partial charge on any atom is -0.454 e. The van der Waals surface area contributed by atoms with Gasteiger partial charge in [0.2, 0.25) is 6.79 Å². The average Bonchev–Trinajstić information content (AvgIpc) is 3.35. The molecule has 2 aromatic heterocycles. The number of nitrogens with zero attached hydrogens (tertiary/aromatic N) is 4. The molecular weight excluding hydrogens is 318 g/mol. The number of benzene rings is 1. The number of imidazole rings is 1. The number of ether oxygens (including phenoxy) is 2. The highest BCUT2D eigenvalue weighted by atomic mass is 16.7. The van der Waals surface area contributed by atoms with Crippen LogP contribution in [0, 0.1) is 0 Å². The van der Waals surface area contributed by atoms with Gasteiger partial charge in [0, 0.05) is 43.6 Å². The number of hydrogen-bond acceptors (Lipinski definition) is 6. The first-order valence-electron chi connectivity index (χ1n) is 8.52. The maximum atomic E-state index is 5.61. The van der Waals surface area contributed by atoms with E-state index in [0.717, 1.165) is 49.0 Å². The van der Waals surface area contributed by atoms with Gasteiger partial charge in [-0.3, -0.25) is 4.90 Å². The van der Waals surface area contributed by atoms with Crippen molar-refractivity contribution in [1.29, 1.82) is 0 Å². The normalized spacial score (nSPS) is 19.6. The summed E-state index contributed by atoms with van der Waals surface area (Å²) < 4.78 is 12.9. The Morgan fingerprint density at radius 3 is 3.20 bits per heavy atom. The molecule has 7 heteroatoms. The smallest absolute Gasteiger partial charge is 0.231 e. The second kappa shape index (κ2) is 5.93. The molecule has 2 aliphatic rings. The number of hydrogen-bond donors (Lipinski definition) is 1. The Balaban J connectivity index is 1.25. The molecule has 1 fully saturated rings. The molecule has 7 nitrogen and oxygen atoms in total. The lowest BCUT2D eigenvalue weighted by molar-refractivity contribution is 0.172. The van der Waals surface area contributed by atoms with Crippen LogP contribution < -0.4 is 14.8 Å². The number of rotatable bonds is 4. The van der Waals surface area contributed by atoms with Gasteiger partial charge in [0.25, 0.3) is 0 Å². The lowest BCUT2D eigenvalue weighted by Crippen LogP contribution is -2.26. The van der Waals surface area contributed by atoms with Crippen LogP contribution in [-0.4, -0.2) is 45.4 Å². The maximum absolute atomic E-state index is 5.61. The number of para-hydroxylation sites is 1. The minimum atomic E-state index is 0.318. The lowest BCUT2D eigenvalue weighted by atomic mass is 10.2. The van der Waals surface area contributed by atoms with Gasteiger partial charge in [-0.1, -0.05) is 12.1 Å². The van der Waals surface area contributed by atoms with Gasteiger partial charge in [-0.2, -0.15) is 0 Å². The molecule has 0 amide bonds. The largest absolute Gasteiger partial charge is 0.454 e. The van der Waals surface area contributed by atoms with E-state index in [1.807, 2.05) is 30.5 Å². The van der Waals surface area contributed by atoms with Crippen molar-refractivity contribution in [2.45, 2.75) is 19.0 Å². The first-order chi connectivity index (χ1) is 12.3. The molecule has 3 aromatic rings. The third-order valence-corrected chi connectivity index (χ3v) is 4.75. The Bertz CT molecular complexity index is 909. The number of nitrogens with one attached hydrogen (secondary N) is 1. The molecule has 1 unspecified atom stereocenters. The maximum Gasteiger partial charge on any atom is 0.231 e. The Labute approximate surface area is 145 Å². The fourth-order valence-corrected chi connectivity index (χ4v) is 3.55. The zero-order valence-corrected chi connectivity index (χ0v) is 13.8. The molecule has 1 N–H and O–H groups in total. The first kappa shape index (κ1) is 14.5. The molecule has 0 saturated carbocycles. The van der Waals surface area contributed by atoms with E-state index >= 15 is 0 Å². The van der Waals surface area contributed by atoms with E-state index in [1.54, 1.807) is 10.7 Å². The predicted octanol–water partition coefficient (Wildman–Crippen LogP) is 2.14. The molecule has 25 heavy (non-hydrogen) atoms. The molecule has 4 heterocycles. The SMILES string of the molecule is c1cc(CN2CCC(Nc3ccc4nccn4n3)C2)c2c(c1)OCO2. The standard InChI is InChI=1S/C18H19N5O2/c1-2-13(18-15(3-1)24-12-25-18)10-22-8-6-14(11-22)20-16-4-5-17-19-7-9-23(17)21-16/h1-5,7,9,14H,6,8,10-12H2,(H,20,21). The van der Waals surface area contributed by atoms with E-state index in [1.165, 1.54) is 5.56 Å². The third kappa shape index (κ3) is 2.76. The summed E-state index contributed by atoms with van der Waals surface area (Å²) in [6.07, 6.45) is 4.71. The highest BCUT2D eigenvalue weighted by Crippen LogP contribution is 2.36. The fourth-order valence-electron chi connectivity index (χ4n) is 3.55. The molecule has 1 aromatic carbocycles. The topological polar surface area (TPSA) is 63.9 Å². The summed E-state index contributed by atoms with van der Waals surface area (Å²) in [5.74, 6) is 2.63. The lowest BCUT2D eigenvalue weighted by Gasteiger charge is -2.18. The molecule has 2 aliphatic heterocycles. The minimum absolute atomic E-state index is 0.318. The third-order valence-electron chi connectivity index (χ3n) is 4.75. The van der Waals surface area contributed by atoms with Gasteiger partial charge in [0.1, 0.15) is 5.82 Å². The zero-order valence-electron chi connectivity index (χ0n) is 13.8. The van der Waals surface area contributed by atoms with Gasteiger partial charge >= 0.3 is 0 Å². The van der Waals surface area contributed by atoms with Crippen LogP contribution in [0.1, 0.15) is 12.0 Å². The van der Waals surface area contributed by atoms with Crippen LogP contribution in [0.2, 0.25) is 0 Å². The molecule has 1 atom stereocenters. The summed E-state index contributed by atoms with van der Waals surface area (Å²) in [6.45, 7) is 3.22. The molecule has 5 rings (SSSR count). The monoisotopic (exact) mass is 337 g/mol. The summed E-state index contributed by atoms with van der Waals surface area (Å²) in [6, 6.07) is 10.5. The molecule has 1 saturated heterocycles. The van der Waals surface area contributed by atoms with Crippen molar-refractivity contribution in [3.63, 3.8) is 0 Å². The van der Waals surface area contributed by atoms with Gasteiger partial charge < -0.3 is 14.8 Å². The van der Waals surface area contributed by atoms with Crippen molar-refractivity contribution < 1.29 is 9.47 Å². The van der Waals surface area contributed by atoms with Crippen molar-refractivity contribution >= 4 is 11.5 Å². The van der Waals surface area contributed by atoms with Crippen molar-refractivity contribution in [2.24, 2.45) is 0 Å². The number of aromatic nitrogens is 3. The molecule has 128 valence electrons. The van der Waals surface area contributed by atoms with Gasteiger partial charge in [-0.05, 0) is 24.6 Å². The number of likely N-dealkylation sites (tertiary alicyclic amines) is 1. The van der Waals surface area contributed by atoms with Gasteiger partial charge in [-0.15, -0.1) is 5.10 Å². The highest BCUT2D eigenvalue weighted by Gasteiger charge is 2.25. The molecule has 0 spiro atoms. The summed E-state index contributed by atoms with van der Waals surface area (Å²) in [5.41, 5.74) is 2.05. The Morgan fingerprint density at radius 1 is 1.20 bits per heavy atom. The number of fused-ring (bicyclic) bond motifs is 2. The van der Waals surface area contributed by atoms with Crippen LogP contribution in [0.25, 0.3) is 5.65 Å². The van der Waals surface area contributed by atoms with E-state index in [0.29, 0.717) is 12.8 Å². The van der Waals surface area contributed by atoms with Crippen molar-refractivity contribution in [1.82, 2.24) is 19.5 Å². The van der Waals surface area contributed by atoms with E-state index in [2.05, 4.69) is 26.4 Å². The Morgan fingerprint density at radius 2 is 2.20 bits per heavy atom. The molecular formula is C18H19N5O2. The van der Waals surface area contributed by atoms with Gasteiger partial charge in [-0.25, -0.2) is 9.50 Å². The van der Waals surface area contributed by atoms with E-state index in [9.17, 15) is 0 Å². The van der Waals surface area contributed by atoms with Crippen molar-refractivity contribution in [3.05, 3.63) is 48.3 Å². The summed E-state index contributed by atoms with van der Waals surface area (Å²) in [5, 5.41) is 8.08. The van der Waals surface area contributed by atoms with E-state index in [-0.39, 0.29) is 0 Å². The van der Waals surface area contributed by atoms with Gasteiger partial charge in [0.15, 0.2) is 17.1 Å². The van der Waals surface area contributed by atoms with Gasteiger partial charge in [0.05, 0.1) is 0 Å². The van der Waals surface area contributed by atoms with Crippen LogP contribution in [0.15, 0.2) is 42.7 Å². The van der Waals surface area contributed by atoms with Crippen molar-refractivity contribution in [2.75, 3.05) is 25.2 Å². The molecule has 0 aliphatic carbocycles. The first-order valence-corrected chi connectivity index (χ1v) is 8.52. The van der Waals surface area contributed by atoms with Crippen LogP contribution in [0.4, 0.5) is 5.82 Å². The predicted molar refractivity (Wildman–Crippen MR) is 92.9 cm³/mol. The average molecular weight is 337 g/mol. The Kier molecular flexibility index (Phi) is 3.45.